The van der Waals surface area contributed by atoms with Crippen LogP contribution < -0.4 is 10.4 Å². The maximum Gasteiger partial charge on any atom is 0.494 e. The van der Waals surface area contributed by atoms with Gasteiger partial charge in [-0.2, -0.15) is 5.26 Å². The third-order valence-electron chi connectivity index (χ3n) is 5.03. The number of ether oxygens (including phenoxy) is 1. The molecule has 0 bridgehead atoms. The molecule has 2 fully saturated rings. The lowest BCUT2D eigenvalue weighted by atomic mass is 9.78. The summed E-state index contributed by atoms with van der Waals surface area (Å²) < 4.78 is 85.4. The number of carbonyl (C=O) groups is 1. The van der Waals surface area contributed by atoms with Gasteiger partial charge < -0.3 is 23.8 Å². The fourth-order valence-corrected chi connectivity index (χ4v) is 2.74. The minimum absolute atomic E-state index is 0.188. The van der Waals surface area contributed by atoms with Crippen molar-refractivity contribution in [2.24, 2.45) is 0 Å². The number of anilines is 1. The molecule has 2 heterocycles. The number of nitrogens with zero attached hydrogens (tertiary/aromatic N) is 3. The van der Waals surface area contributed by atoms with E-state index in [1.807, 2.05) is 33.8 Å². The van der Waals surface area contributed by atoms with Crippen LogP contribution in [0.15, 0.2) is 18.2 Å². The lowest BCUT2D eigenvalue weighted by Gasteiger charge is -2.37. The van der Waals surface area contributed by atoms with Crippen molar-refractivity contribution in [3.05, 3.63) is 23.8 Å². The highest BCUT2D eigenvalue weighted by Crippen LogP contribution is 2.36. The van der Waals surface area contributed by atoms with Crippen LogP contribution in [-0.4, -0.2) is 60.9 Å². The highest BCUT2D eigenvalue weighted by molar-refractivity contribution is 6.62. The Bertz CT molecular complexity index is 1140. The third-order valence-corrected chi connectivity index (χ3v) is 5.03. The molecule has 0 unspecified atom stereocenters. The van der Waals surface area contributed by atoms with Crippen molar-refractivity contribution in [1.82, 2.24) is 4.90 Å². The Morgan fingerprint density at radius 1 is 1.17 bits per heavy atom. The van der Waals surface area contributed by atoms with Gasteiger partial charge in [-0.05, 0) is 66.1 Å². The number of amides is 1. The molecule has 0 atom stereocenters. The van der Waals surface area contributed by atoms with Gasteiger partial charge in [0.05, 0.1) is 33.4 Å². The van der Waals surface area contributed by atoms with Crippen LogP contribution in [0.4, 0.5) is 10.5 Å². The average molecular weight is 421 g/mol. The molecule has 0 N–H and O–H groups in total. The predicted octanol–water partition coefficient (Wildman–Crippen LogP) is 2.91. The van der Waals surface area contributed by atoms with E-state index in [0.29, 0.717) is 5.46 Å². The summed E-state index contributed by atoms with van der Waals surface area (Å²) in [6.45, 7) is -1.90. The second-order valence-corrected chi connectivity index (χ2v) is 9.08. The molecular formula is C22H32BN3O4. The van der Waals surface area contributed by atoms with Crippen molar-refractivity contribution in [2.45, 2.75) is 65.3 Å². The molecule has 162 valence electrons. The zero-order valence-corrected chi connectivity index (χ0v) is 18.3. The lowest BCUT2D eigenvalue weighted by Crippen LogP contribution is -2.50. The molecule has 1 aromatic carbocycles. The summed E-state index contributed by atoms with van der Waals surface area (Å²) in [6, 6.07) is 5.75. The topological polar surface area (TPSA) is 75.0 Å². The Morgan fingerprint density at radius 3 is 2.23 bits per heavy atom. The standard InChI is InChI=1S/C22H32BN3O4/c1-20(2,3)28-19(27)26-12-10-25(11-13-26)18-9-8-17(14-16(18)15-24)23-29-21(4,5)22(6,7)30-23/h8-9,14H,10-13H2,1-7H3/i10D2,11D2,12D2,13D2. The van der Waals surface area contributed by atoms with Gasteiger partial charge in [-0.3, -0.25) is 0 Å². The van der Waals surface area contributed by atoms with E-state index in [0.717, 1.165) is 0 Å². The van der Waals surface area contributed by atoms with E-state index >= 15 is 0 Å². The molecule has 0 saturated carbocycles. The van der Waals surface area contributed by atoms with Crippen LogP contribution in [0, 0.1) is 11.3 Å². The summed E-state index contributed by atoms with van der Waals surface area (Å²) in [5.41, 5.74) is -2.90. The Balaban J connectivity index is 2.15. The van der Waals surface area contributed by atoms with Crippen molar-refractivity contribution < 1.29 is 29.8 Å². The van der Waals surface area contributed by atoms with Crippen LogP contribution in [0.25, 0.3) is 0 Å². The molecule has 0 aliphatic carbocycles. The molecular weight excluding hydrogens is 381 g/mol. The van der Waals surface area contributed by atoms with Gasteiger partial charge in [-0.25, -0.2) is 4.79 Å². The van der Waals surface area contributed by atoms with Gasteiger partial charge in [0.15, 0.2) is 0 Å². The molecule has 1 amide bonds. The normalized spacial score (nSPS) is 31.5. The Labute approximate surface area is 191 Å². The number of benzene rings is 1. The molecule has 0 radical (unpaired) electrons. The van der Waals surface area contributed by atoms with Crippen LogP contribution in [-0.2, 0) is 14.0 Å². The molecule has 8 heteroatoms. The van der Waals surface area contributed by atoms with E-state index < -0.39 is 61.7 Å². The minimum atomic E-state index is -3.44. The largest absolute Gasteiger partial charge is 0.494 e. The van der Waals surface area contributed by atoms with E-state index in [2.05, 4.69) is 0 Å². The van der Waals surface area contributed by atoms with Crippen molar-refractivity contribution in [3.8, 4) is 6.07 Å². The number of nitriles is 1. The zero-order valence-electron chi connectivity index (χ0n) is 26.3. The van der Waals surface area contributed by atoms with E-state index in [1.54, 1.807) is 0 Å². The second kappa shape index (κ2) is 7.79. The number of hydrogen-bond donors (Lipinski definition) is 0. The van der Waals surface area contributed by atoms with Gasteiger partial charge in [-0.15, -0.1) is 0 Å². The Kier molecular flexibility index (Phi) is 3.62. The van der Waals surface area contributed by atoms with Gasteiger partial charge in [0, 0.05) is 26.0 Å². The summed E-state index contributed by atoms with van der Waals surface area (Å²) in [5, 5.41) is 9.91. The summed E-state index contributed by atoms with van der Waals surface area (Å²) in [7, 11) is -0.892. The van der Waals surface area contributed by atoms with Crippen LogP contribution in [0.1, 0.15) is 65.0 Å². The van der Waals surface area contributed by atoms with Gasteiger partial charge in [0.1, 0.15) is 11.7 Å². The van der Waals surface area contributed by atoms with E-state index in [-0.39, 0.29) is 15.4 Å². The SMILES string of the molecule is [2H]C1([2H])N(C(=O)OC(C)(C)C)C([2H])([2H])C([2H])([2H])N(c2ccc(B3OC(C)(C)C(C)(C)O3)cc2C#N)C1([2H])[2H]. The summed E-state index contributed by atoms with van der Waals surface area (Å²) >= 11 is 0. The fourth-order valence-electron chi connectivity index (χ4n) is 2.74. The minimum Gasteiger partial charge on any atom is -0.444 e. The Morgan fingerprint density at radius 2 is 1.73 bits per heavy atom. The molecule has 30 heavy (non-hydrogen) atoms. The first-order valence-corrected chi connectivity index (χ1v) is 9.58. The first-order valence-electron chi connectivity index (χ1n) is 13.6. The van der Waals surface area contributed by atoms with E-state index in [9.17, 15) is 10.1 Å². The molecule has 2 aliphatic heterocycles. The van der Waals surface area contributed by atoms with Crippen LogP contribution in [0.3, 0.4) is 0 Å². The van der Waals surface area contributed by atoms with E-state index in [1.165, 1.54) is 39.0 Å². The van der Waals surface area contributed by atoms with Crippen molar-refractivity contribution >= 4 is 24.4 Å². The lowest BCUT2D eigenvalue weighted by molar-refractivity contribution is 0.00578. The molecule has 1 aromatic rings. The quantitative estimate of drug-likeness (QED) is 0.684. The summed E-state index contributed by atoms with van der Waals surface area (Å²) in [5.74, 6) is 0. The molecule has 0 aromatic heterocycles. The molecule has 0 spiro atoms. The van der Waals surface area contributed by atoms with Gasteiger partial charge in [0.2, 0.25) is 0 Å². The van der Waals surface area contributed by atoms with E-state index in [4.69, 9.17) is 25.0 Å². The smallest absolute Gasteiger partial charge is 0.444 e. The van der Waals surface area contributed by atoms with Gasteiger partial charge in [-0.1, -0.05) is 6.07 Å². The van der Waals surface area contributed by atoms with Crippen molar-refractivity contribution in [1.29, 1.82) is 5.26 Å². The first-order chi connectivity index (χ1) is 16.8. The average Bonchev–Trinajstić information content (AvgIpc) is 2.92. The fraction of sp³-hybridized carbons (Fsp3) is 0.636. The molecule has 3 rings (SSSR count). The highest BCUT2D eigenvalue weighted by Gasteiger charge is 2.51. The summed E-state index contributed by atoms with van der Waals surface area (Å²) in [6.07, 6.45) is -1.57. The van der Waals surface area contributed by atoms with Crippen molar-refractivity contribution in [2.75, 3.05) is 30.9 Å². The maximum atomic E-state index is 12.9. The van der Waals surface area contributed by atoms with Crippen molar-refractivity contribution in [3.63, 3.8) is 0 Å². The van der Waals surface area contributed by atoms with Gasteiger partial charge >= 0.3 is 13.2 Å². The third kappa shape index (κ3) is 4.58. The number of rotatable bonds is 2. The first kappa shape index (κ1) is 13.9. The summed E-state index contributed by atoms with van der Waals surface area (Å²) in [4.78, 5) is 12.9. The van der Waals surface area contributed by atoms with Crippen LogP contribution in [0.2, 0.25) is 0 Å². The number of piperazine rings is 1. The molecule has 7 nitrogen and oxygen atoms in total. The molecule has 2 saturated heterocycles. The van der Waals surface area contributed by atoms with Gasteiger partial charge in [0.25, 0.3) is 0 Å². The molecule has 2 aliphatic rings. The highest BCUT2D eigenvalue weighted by atomic mass is 16.7. The predicted molar refractivity (Wildman–Crippen MR) is 117 cm³/mol. The van der Waals surface area contributed by atoms with Crippen LogP contribution in [0.5, 0.6) is 0 Å². The second-order valence-electron chi connectivity index (χ2n) is 9.08. The maximum absolute atomic E-state index is 12.9. The Hall–Kier alpha value is -2.24. The monoisotopic (exact) mass is 421 g/mol. The van der Waals surface area contributed by atoms with Crippen LogP contribution >= 0.6 is 0 Å². The zero-order chi connectivity index (χ0) is 29.5. The number of hydrogen-bond acceptors (Lipinski definition) is 6. The number of carbonyl (C=O) groups excluding carboxylic acids is 1.